The molecule has 0 spiro atoms. The van der Waals surface area contributed by atoms with Crippen LogP contribution in [0.5, 0.6) is 0 Å². The van der Waals surface area contributed by atoms with E-state index in [9.17, 15) is 9.59 Å². The van der Waals surface area contributed by atoms with Crippen LogP contribution in [0.1, 0.15) is 37.3 Å². The molecular weight excluding hydrogens is 330 g/mol. The van der Waals surface area contributed by atoms with E-state index in [0.29, 0.717) is 13.1 Å². The third kappa shape index (κ3) is 4.45. The lowest BCUT2D eigenvalue weighted by Crippen LogP contribution is -2.47. The lowest BCUT2D eigenvalue weighted by Gasteiger charge is -2.32. The van der Waals surface area contributed by atoms with Gasteiger partial charge in [0.2, 0.25) is 5.91 Å². The second-order valence-corrected chi connectivity index (χ2v) is 6.76. The van der Waals surface area contributed by atoms with Gasteiger partial charge in [0.05, 0.1) is 12.0 Å². The van der Waals surface area contributed by atoms with E-state index in [2.05, 4.69) is 10.6 Å². The summed E-state index contributed by atoms with van der Waals surface area (Å²) >= 11 is 0. The Morgan fingerprint density at radius 1 is 1.19 bits per heavy atom. The van der Waals surface area contributed by atoms with Gasteiger partial charge in [-0.25, -0.2) is 4.79 Å². The molecule has 2 unspecified atom stereocenters. The predicted octanol–water partition coefficient (Wildman–Crippen LogP) is 3.71. The van der Waals surface area contributed by atoms with Gasteiger partial charge in [-0.05, 0) is 51.0 Å². The van der Waals surface area contributed by atoms with Crippen molar-refractivity contribution in [2.45, 2.75) is 32.7 Å². The third-order valence-corrected chi connectivity index (χ3v) is 4.65. The Bertz CT molecular complexity index is 757. The van der Waals surface area contributed by atoms with E-state index in [1.54, 1.807) is 4.90 Å². The maximum atomic E-state index is 12.6. The molecular formula is C20H25N3O3. The maximum Gasteiger partial charge on any atom is 0.321 e. The first-order chi connectivity index (χ1) is 12.5. The normalized spacial score (nSPS) is 18.2. The van der Waals surface area contributed by atoms with Crippen LogP contribution < -0.4 is 10.6 Å². The molecule has 26 heavy (non-hydrogen) atoms. The summed E-state index contributed by atoms with van der Waals surface area (Å²) in [7, 11) is 0. The summed E-state index contributed by atoms with van der Waals surface area (Å²) in [5.41, 5.74) is 0.755. The highest BCUT2D eigenvalue weighted by Crippen LogP contribution is 2.21. The number of nitrogens with one attached hydrogen (secondary N) is 2. The number of urea groups is 1. The van der Waals surface area contributed by atoms with E-state index in [1.807, 2.05) is 56.3 Å². The minimum Gasteiger partial charge on any atom is -0.464 e. The third-order valence-electron chi connectivity index (χ3n) is 4.65. The van der Waals surface area contributed by atoms with E-state index < -0.39 is 0 Å². The number of piperidine rings is 1. The van der Waals surface area contributed by atoms with E-state index in [1.165, 1.54) is 0 Å². The molecule has 0 radical (unpaired) electrons. The first-order valence-electron chi connectivity index (χ1n) is 9.00. The molecule has 6 nitrogen and oxygen atoms in total. The van der Waals surface area contributed by atoms with Crippen LogP contribution in [0.4, 0.5) is 10.5 Å². The highest BCUT2D eigenvalue weighted by Gasteiger charge is 2.29. The summed E-state index contributed by atoms with van der Waals surface area (Å²) < 4.78 is 5.57. The molecule has 0 aliphatic carbocycles. The average Bonchev–Trinajstić information content (AvgIpc) is 3.09. The number of rotatable bonds is 4. The molecule has 1 aromatic heterocycles. The van der Waals surface area contributed by atoms with E-state index in [4.69, 9.17) is 4.42 Å². The molecule has 1 fully saturated rings. The van der Waals surface area contributed by atoms with Gasteiger partial charge in [-0.1, -0.05) is 18.2 Å². The van der Waals surface area contributed by atoms with Crippen molar-refractivity contribution in [3.63, 3.8) is 0 Å². The summed E-state index contributed by atoms with van der Waals surface area (Å²) in [6.07, 6.45) is 1.60. The lowest BCUT2D eigenvalue weighted by molar-refractivity contribution is -0.127. The van der Waals surface area contributed by atoms with Crippen molar-refractivity contribution in [1.29, 1.82) is 0 Å². The minimum atomic E-state index is -0.205. The second-order valence-electron chi connectivity index (χ2n) is 6.76. The number of nitrogens with zero attached hydrogens (tertiary/aromatic N) is 1. The van der Waals surface area contributed by atoms with Crippen molar-refractivity contribution < 1.29 is 14.0 Å². The highest BCUT2D eigenvalue weighted by atomic mass is 16.3. The number of anilines is 1. The van der Waals surface area contributed by atoms with E-state index in [-0.39, 0.29) is 23.9 Å². The molecule has 0 bridgehead atoms. The van der Waals surface area contributed by atoms with Crippen molar-refractivity contribution in [2.24, 2.45) is 5.92 Å². The number of para-hydroxylation sites is 1. The highest BCUT2D eigenvalue weighted by molar-refractivity contribution is 5.90. The topological polar surface area (TPSA) is 74.6 Å². The summed E-state index contributed by atoms with van der Waals surface area (Å²) in [6.45, 7) is 4.87. The molecule has 3 amide bonds. The molecule has 138 valence electrons. The van der Waals surface area contributed by atoms with Crippen molar-refractivity contribution in [3.05, 3.63) is 54.0 Å². The zero-order valence-corrected chi connectivity index (χ0v) is 15.2. The summed E-state index contributed by atoms with van der Waals surface area (Å²) in [6, 6.07) is 12.7. The van der Waals surface area contributed by atoms with Gasteiger partial charge in [-0.3, -0.25) is 4.79 Å². The van der Waals surface area contributed by atoms with E-state index >= 15 is 0 Å². The van der Waals surface area contributed by atoms with Gasteiger partial charge in [-0.2, -0.15) is 0 Å². The fourth-order valence-corrected chi connectivity index (χ4v) is 3.19. The van der Waals surface area contributed by atoms with Gasteiger partial charge in [-0.15, -0.1) is 0 Å². The zero-order chi connectivity index (χ0) is 18.5. The average molecular weight is 355 g/mol. The fraction of sp³-hybridized carbons (Fsp3) is 0.400. The summed E-state index contributed by atoms with van der Waals surface area (Å²) in [5, 5.41) is 5.88. The van der Waals surface area contributed by atoms with Crippen LogP contribution in [0, 0.1) is 12.8 Å². The van der Waals surface area contributed by atoms with Crippen molar-refractivity contribution in [3.8, 4) is 0 Å². The van der Waals surface area contributed by atoms with Gasteiger partial charge in [0.25, 0.3) is 0 Å². The van der Waals surface area contributed by atoms with Crippen LogP contribution >= 0.6 is 0 Å². The molecule has 2 N–H and O–H groups in total. The van der Waals surface area contributed by atoms with Crippen LogP contribution in [0.15, 0.2) is 46.9 Å². The van der Waals surface area contributed by atoms with Crippen molar-refractivity contribution >= 4 is 17.6 Å². The predicted molar refractivity (Wildman–Crippen MR) is 99.8 cm³/mol. The van der Waals surface area contributed by atoms with Crippen LogP contribution in [0.2, 0.25) is 0 Å². The Labute approximate surface area is 153 Å². The molecule has 2 atom stereocenters. The first kappa shape index (κ1) is 18.0. The molecule has 2 heterocycles. The van der Waals surface area contributed by atoms with Crippen LogP contribution in [0.3, 0.4) is 0 Å². The van der Waals surface area contributed by atoms with Gasteiger partial charge in [0, 0.05) is 18.8 Å². The standard InChI is InChI=1S/C20H25N3O3/c1-14-10-11-18(26-14)15(2)21-19(24)16-7-6-12-23(13-16)20(25)22-17-8-4-3-5-9-17/h3-5,8-11,15-16H,6-7,12-13H2,1-2H3,(H,21,24)(H,22,25). The number of aryl methyl sites for hydroxylation is 1. The number of furan rings is 1. The SMILES string of the molecule is Cc1ccc(C(C)NC(=O)C2CCCN(C(=O)Nc3ccccc3)C2)o1. The first-order valence-corrected chi connectivity index (χ1v) is 9.00. The number of hydrogen-bond acceptors (Lipinski definition) is 3. The molecule has 3 rings (SSSR count). The number of benzene rings is 1. The van der Waals surface area contributed by atoms with Gasteiger partial charge >= 0.3 is 6.03 Å². The molecule has 1 aromatic carbocycles. The largest absolute Gasteiger partial charge is 0.464 e. The van der Waals surface area contributed by atoms with Gasteiger partial charge in [0.15, 0.2) is 0 Å². The number of carbonyl (C=O) groups is 2. The monoisotopic (exact) mass is 355 g/mol. The Morgan fingerprint density at radius 2 is 1.96 bits per heavy atom. The quantitative estimate of drug-likeness (QED) is 0.878. The molecule has 1 aliphatic heterocycles. The molecule has 6 heteroatoms. The van der Waals surface area contributed by atoms with Crippen LogP contribution in [-0.2, 0) is 4.79 Å². The lowest BCUT2D eigenvalue weighted by atomic mass is 9.97. The van der Waals surface area contributed by atoms with Gasteiger partial charge in [0.1, 0.15) is 11.5 Å². The molecule has 1 saturated heterocycles. The Morgan fingerprint density at radius 3 is 2.65 bits per heavy atom. The smallest absolute Gasteiger partial charge is 0.321 e. The van der Waals surface area contributed by atoms with Crippen LogP contribution in [-0.4, -0.2) is 29.9 Å². The maximum absolute atomic E-state index is 12.6. The fourth-order valence-electron chi connectivity index (χ4n) is 3.19. The minimum absolute atomic E-state index is 0.0382. The van der Waals surface area contributed by atoms with Crippen molar-refractivity contribution in [2.75, 3.05) is 18.4 Å². The van der Waals surface area contributed by atoms with Crippen molar-refractivity contribution in [1.82, 2.24) is 10.2 Å². The molecule has 1 aliphatic rings. The number of likely N-dealkylation sites (tertiary alicyclic amines) is 1. The number of hydrogen-bond donors (Lipinski definition) is 2. The van der Waals surface area contributed by atoms with E-state index in [0.717, 1.165) is 30.0 Å². The second kappa shape index (κ2) is 8.08. The number of amides is 3. The Hall–Kier alpha value is -2.76. The Balaban J connectivity index is 1.55. The molecule has 0 saturated carbocycles. The number of carbonyl (C=O) groups excluding carboxylic acids is 2. The van der Waals surface area contributed by atoms with Gasteiger partial charge < -0.3 is 20.0 Å². The van der Waals surface area contributed by atoms with Crippen LogP contribution in [0.25, 0.3) is 0 Å². The zero-order valence-electron chi connectivity index (χ0n) is 15.2. The summed E-state index contributed by atoms with van der Waals surface area (Å²) in [4.78, 5) is 26.8. The Kier molecular flexibility index (Phi) is 5.61. The molecule has 2 aromatic rings. The summed E-state index contributed by atoms with van der Waals surface area (Å²) in [5.74, 6) is 1.32.